The number of aliphatic hydroxyl groups excluding tert-OH is 1. The summed E-state index contributed by atoms with van der Waals surface area (Å²) in [6, 6.07) is 0. The molecule has 74 valence electrons. The molecule has 5 nitrogen and oxygen atoms in total. The Kier molecular flexibility index (Phi) is 3.91. The van der Waals surface area contributed by atoms with Gasteiger partial charge in [0.1, 0.15) is 5.76 Å². The zero-order valence-corrected chi connectivity index (χ0v) is 7.34. The number of rotatable bonds is 4. The summed E-state index contributed by atoms with van der Waals surface area (Å²) in [6.07, 6.45) is 6.09. The lowest BCUT2D eigenvalue weighted by atomic mass is 10.1. The van der Waals surface area contributed by atoms with E-state index >= 15 is 0 Å². The van der Waals surface area contributed by atoms with E-state index in [0.717, 1.165) is 0 Å². The van der Waals surface area contributed by atoms with Crippen molar-refractivity contribution in [1.82, 2.24) is 0 Å². The number of allylic oxidation sites excluding steroid dienone is 1. The summed E-state index contributed by atoms with van der Waals surface area (Å²) >= 11 is 0. The summed E-state index contributed by atoms with van der Waals surface area (Å²) in [5, 5.41) is 8.86. The summed E-state index contributed by atoms with van der Waals surface area (Å²) < 4.78 is 9.93. The first-order chi connectivity index (χ1) is 6.26. The number of methoxy groups -OCH3 is 1. The molecule has 0 saturated carbocycles. The molecule has 0 fully saturated rings. The molecule has 0 aliphatic heterocycles. The highest BCUT2D eigenvalue weighted by Gasteiger charge is 2.10. The number of hydrogen-bond donors (Lipinski definition) is 2. The quantitative estimate of drug-likeness (QED) is 0.479. The zero-order valence-electron chi connectivity index (χ0n) is 7.34. The number of aliphatic hydroxyl groups is 1. The van der Waals surface area contributed by atoms with Crippen molar-refractivity contribution < 1.29 is 19.4 Å². The van der Waals surface area contributed by atoms with Crippen molar-refractivity contribution >= 4 is 0 Å². The van der Waals surface area contributed by atoms with Crippen molar-refractivity contribution in [3.63, 3.8) is 0 Å². The Balaban J connectivity index is 2.38. The van der Waals surface area contributed by atoms with Crippen molar-refractivity contribution in [3.8, 4) is 0 Å². The van der Waals surface area contributed by atoms with Crippen LogP contribution in [0.5, 0.6) is 0 Å². The van der Waals surface area contributed by atoms with Gasteiger partial charge in [-0.15, -0.1) is 0 Å². The molecule has 5 heteroatoms. The standard InChI is InChI=1S/C8H13NO4/c1-11-6-2-4-7(5-3-6)12-8(10)13-9/h2,4-6,8,10H,3,9H2,1H3. The van der Waals surface area contributed by atoms with Crippen LogP contribution in [0.4, 0.5) is 0 Å². The van der Waals surface area contributed by atoms with E-state index in [1.54, 1.807) is 19.3 Å². The van der Waals surface area contributed by atoms with Gasteiger partial charge in [-0.1, -0.05) is 6.08 Å². The van der Waals surface area contributed by atoms with E-state index < -0.39 is 6.48 Å². The molecule has 13 heavy (non-hydrogen) atoms. The van der Waals surface area contributed by atoms with E-state index in [4.69, 9.17) is 20.5 Å². The number of nitrogens with two attached hydrogens (primary N) is 1. The van der Waals surface area contributed by atoms with Crippen molar-refractivity contribution in [2.24, 2.45) is 5.90 Å². The van der Waals surface area contributed by atoms with Gasteiger partial charge >= 0.3 is 6.48 Å². The van der Waals surface area contributed by atoms with E-state index in [1.807, 2.05) is 6.08 Å². The molecular weight excluding hydrogens is 174 g/mol. The van der Waals surface area contributed by atoms with Gasteiger partial charge in [-0.3, -0.25) is 0 Å². The first-order valence-corrected chi connectivity index (χ1v) is 3.87. The Hall–Kier alpha value is -0.880. The van der Waals surface area contributed by atoms with Crippen LogP contribution in [0.1, 0.15) is 6.42 Å². The summed E-state index contributed by atoms with van der Waals surface area (Å²) in [4.78, 5) is 4.03. The van der Waals surface area contributed by atoms with E-state index in [0.29, 0.717) is 12.2 Å². The fraction of sp³-hybridized carbons (Fsp3) is 0.500. The molecule has 0 heterocycles. The minimum absolute atomic E-state index is 0.0725. The molecule has 2 unspecified atom stereocenters. The van der Waals surface area contributed by atoms with Crippen molar-refractivity contribution in [2.75, 3.05) is 7.11 Å². The predicted molar refractivity (Wildman–Crippen MR) is 45.0 cm³/mol. The number of ether oxygens (including phenoxy) is 2. The van der Waals surface area contributed by atoms with Gasteiger partial charge < -0.3 is 14.6 Å². The Morgan fingerprint density at radius 2 is 2.46 bits per heavy atom. The maximum Gasteiger partial charge on any atom is 0.329 e. The highest BCUT2D eigenvalue weighted by atomic mass is 16.8. The van der Waals surface area contributed by atoms with E-state index in [1.165, 1.54) is 0 Å². The zero-order chi connectivity index (χ0) is 9.68. The first kappa shape index (κ1) is 10.2. The van der Waals surface area contributed by atoms with Crippen LogP contribution in [0, 0.1) is 0 Å². The van der Waals surface area contributed by atoms with Gasteiger partial charge in [0.2, 0.25) is 0 Å². The molecule has 2 atom stereocenters. The molecule has 3 N–H and O–H groups in total. The van der Waals surface area contributed by atoms with Crippen LogP contribution >= 0.6 is 0 Å². The highest BCUT2D eigenvalue weighted by molar-refractivity contribution is 5.19. The largest absolute Gasteiger partial charge is 0.441 e. The van der Waals surface area contributed by atoms with Gasteiger partial charge in [0, 0.05) is 7.11 Å². The maximum absolute atomic E-state index is 8.86. The molecule has 0 aromatic rings. The Morgan fingerprint density at radius 3 is 2.92 bits per heavy atom. The van der Waals surface area contributed by atoms with Crippen LogP contribution in [0.3, 0.4) is 0 Å². The molecule has 0 amide bonds. The summed E-state index contributed by atoms with van der Waals surface area (Å²) in [5.41, 5.74) is 0. The van der Waals surface area contributed by atoms with Crippen LogP contribution in [0.2, 0.25) is 0 Å². The fourth-order valence-corrected chi connectivity index (χ4v) is 0.987. The molecule has 0 saturated heterocycles. The van der Waals surface area contributed by atoms with Crippen molar-refractivity contribution in [3.05, 3.63) is 24.0 Å². The second-order valence-corrected chi connectivity index (χ2v) is 2.54. The lowest BCUT2D eigenvalue weighted by molar-refractivity contribution is -0.245. The molecule has 0 bridgehead atoms. The van der Waals surface area contributed by atoms with Crippen LogP contribution in [-0.4, -0.2) is 24.8 Å². The average molecular weight is 187 g/mol. The molecule has 0 aromatic heterocycles. The predicted octanol–water partition coefficient (Wildman–Crippen LogP) is 0.0280. The summed E-state index contributed by atoms with van der Waals surface area (Å²) in [5.74, 6) is 5.21. The summed E-state index contributed by atoms with van der Waals surface area (Å²) in [7, 11) is 1.63. The van der Waals surface area contributed by atoms with Crippen LogP contribution in [0.15, 0.2) is 24.0 Å². The molecule has 0 aromatic carbocycles. The first-order valence-electron chi connectivity index (χ1n) is 3.87. The normalized spacial score (nSPS) is 23.9. The Labute approximate surface area is 76.3 Å². The molecule has 1 rings (SSSR count). The van der Waals surface area contributed by atoms with Gasteiger partial charge in [-0.2, -0.15) is 0 Å². The maximum atomic E-state index is 8.86. The van der Waals surface area contributed by atoms with Gasteiger partial charge in [0.05, 0.1) is 6.10 Å². The topological polar surface area (TPSA) is 73.9 Å². The van der Waals surface area contributed by atoms with E-state index in [2.05, 4.69) is 4.84 Å². The third-order valence-electron chi connectivity index (χ3n) is 1.68. The second-order valence-electron chi connectivity index (χ2n) is 2.54. The highest BCUT2D eigenvalue weighted by Crippen LogP contribution is 2.14. The van der Waals surface area contributed by atoms with Crippen LogP contribution in [0.25, 0.3) is 0 Å². The molecule has 1 aliphatic carbocycles. The SMILES string of the molecule is COC1C=CC(OC(O)ON)=CC1. The molecule has 1 aliphatic rings. The lowest BCUT2D eigenvalue weighted by Gasteiger charge is -2.16. The molecule has 0 radical (unpaired) electrons. The van der Waals surface area contributed by atoms with Gasteiger partial charge in [0.25, 0.3) is 0 Å². The van der Waals surface area contributed by atoms with Gasteiger partial charge in [-0.25, -0.2) is 10.7 Å². The van der Waals surface area contributed by atoms with E-state index in [-0.39, 0.29) is 6.10 Å². The second kappa shape index (κ2) is 4.98. The minimum Gasteiger partial charge on any atom is -0.441 e. The van der Waals surface area contributed by atoms with Gasteiger partial charge in [0.15, 0.2) is 0 Å². The van der Waals surface area contributed by atoms with Gasteiger partial charge in [-0.05, 0) is 18.6 Å². The summed E-state index contributed by atoms with van der Waals surface area (Å²) in [6.45, 7) is -1.42. The third-order valence-corrected chi connectivity index (χ3v) is 1.68. The Bertz CT molecular complexity index is 214. The molecular formula is C8H13NO4. The monoisotopic (exact) mass is 187 g/mol. The molecule has 0 spiro atoms. The third kappa shape index (κ3) is 3.16. The van der Waals surface area contributed by atoms with Crippen LogP contribution < -0.4 is 5.90 Å². The smallest absolute Gasteiger partial charge is 0.329 e. The van der Waals surface area contributed by atoms with Crippen molar-refractivity contribution in [1.29, 1.82) is 0 Å². The van der Waals surface area contributed by atoms with Crippen LogP contribution in [-0.2, 0) is 14.3 Å². The minimum atomic E-state index is -1.42. The Morgan fingerprint density at radius 1 is 1.69 bits per heavy atom. The lowest BCUT2D eigenvalue weighted by Crippen LogP contribution is -2.20. The van der Waals surface area contributed by atoms with E-state index in [9.17, 15) is 0 Å². The fourth-order valence-electron chi connectivity index (χ4n) is 0.987. The van der Waals surface area contributed by atoms with Crippen molar-refractivity contribution in [2.45, 2.75) is 19.0 Å². The average Bonchev–Trinajstić information content (AvgIpc) is 2.19. The number of hydrogen-bond acceptors (Lipinski definition) is 5.